The molecule has 0 aliphatic carbocycles. The molecule has 3 N–H and O–H groups in total. The number of likely N-dealkylation sites (N-methyl/N-ethyl adjacent to an activating group) is 1. The van der Waals surface area contributed by atoms with Gasteiger partial charge in [-0.2, -0.15) is 13.2 Å². The minimum atomic E-state index is -4.31. The van der Waals surface area contributed by atoms with Gasteiger partial charge >= 0.3 is 6.18 Å². The van der Waals surface area contributed by atoms with Crippen molar-refractivity contribution in [2.45, 2.75) is 13.1 Å². The van der Waals surface area contributed by atoms with Crippen LogP contribution in [0.15, 0.2) is 24.3 Å². The van der Waals surface area contributed by atoms with E-state index in [1.165, 1.54) is 6.07 Å². The van der Waals surface area contributed by atoms with Gasteiger partial charge in [-0.05, 0) is 24.7 Å². The average molecular weight is 275 g/mol. The number of nitrogens with two attached hydrogens (primary N) is 1. The highest BCUT2D eigenvalue weighted by molar-refractivity contribution is 5.92. The van der Waals surface area contributed by atoms with E-state index in [9.17, 15) is 18.0 Å². The molecule has 0 aliphatic heterocycles. The van der Waals surface area contributed by atoms with Gasteiger partial charge in [0.05, 0.1) is 13.1 Å². The van der Waals surface area contributed by atoms with Crippen molar-refractivity contribution in [2.75, 3.05) is 30.7 Å². The molecule has 0 aliphatic rings. The number of benzene rings is 1. The fraction of sp³-hybridized carbons (Fsp3) is 0.417. The number of hydrogen-bond donors (Lipinski definition) is 2. The highest BCUT2D eigenvalue weighted by Crippen LogP contribution is 2.16. The number of rotatable bonds is 5. The molecule has 0 atom stereocenters. The van der Waals surface area contributed by atoms with E-state index in [0.29, 0.717) is 11.4 Å². The number of hydrogen-bond acceptors (Lipinski definition) is 3. The summed E-state index contributed by atoms with van der Waals surface area (Å²) in [5.41, 5.74) is 6.47. The summed E-state index contributed by atoms with van der Waals surface area (Å²) in [6.45, 7) is 0.294. The summed E-state index contributed by atoms with van der Waals surface area (Å²) in [5.74, 6) is -0.503. The molecule has 1 amide bonds. The molecule has 1 aromatic carbocycles. The maximum Gasteiger partial charge on any atom is 0.401 e. The van der Waals surface area contributed by atoms with Crippen LogP contribution in [0.2, 0.25) is 0 Å². The van der Waals surface area contributed by atoms with Gasteiger partial charge < -0.3 is 11.1 Å². The first-order valence-corrected chi connectivity index (χ1v) is 5.74. The molecular formula is C12H16F3N3O. The lowest BCUT2D eigenvalue weighted by molar-refractivity contribution is -0.147. The summed E-state index contributed by atoms with van der Waals surface area (Å²) in [5, 5.41) is 2.51. The molecule has 0 bridgehead atoms. The largest absolute Gasteiger partial charge is 0.401 e. The molecule has 1 aromatic rings. The summed E-state index contributed by atoms with van der Waals surface area (Å²) in [6, 6.07) is 6.46. The van der Waals surface area contributed by atoms with Crippen molar-refractivity contribution < 1.29 is 18.0 Å². The minimum Gasteiger partial charge on any atom is -0.399 e. The third-order valence-electron chi connectivity index (χ3n) is 2.39. The number of nitrogens with zero attached hydrogens (tertiary/aromatic N) is 1. The number of anilines is 2. The van der Waals surface area contributed by atoms with Gasteiger partial charge in [0, 0.05) is 11.4 Å². The summed E-state index contributed by atoms with van der Waals surface area (Å²) in [7, 11) is 0. The second-order valence-corrected chi connectivity index (χ2v) is 4.09. The van der Waals surface area contributed by atoms with Crippen LogP contribution in [-0.2, 0) is 4.79 Å². The van der Waals surface area contributed by atoms with Crippen LogP contribution in [-0.4, -0.2) is 36.6 Å². The van der Waals surface area contributed by atoms with Crippen LogP contribution >= 0.6 is 0 Å². The average Bonchev–Trinajstić information content (AvgIpc) is 2.26. The zero-order chi connectivity index (χ0) is 14.5. The van der Waals surface area contributed by atoms with Crippen LogP contribution in [0.3, 0.4) is 0 Å². The number of alkyl halides is 3. The molecule has 0 saturated heterocycles. The Morgan fingerprint density at radius 3 is 2.63 bits per heavy atom. The van der Waals surface area contributed by atoms with Crippen molar-refractivity contribution >= 4 is 17.3 Å². The van der Waals surface area contributed by atoms with Gasteiger partial charge in [-0.1, -0.05) is 13.0 Å². The van der Waals surface area contributed by atoms with Crippen molar-refractivity contribution in [2.24, 2.45) is 0 Å². The maximum absolute atomic E-state index is 12.2. The molecule has 0 unspecified atom stereocenters. The molecule has 0 aromatic heterocycles. The Bertz CT molecular complexity index is 434. The highest BCUT2D eigenvalue weighted by atomic mass is 19.4. The summed E-state index contributed by atoms with van der Waals surface area (Å²) >= 11 is 0. The molecule has 7 heteroatoms. The number of nitrogen functional groups attached to an aromatic ring is 1. The molecule has 1 rings (SSSR count). The van der Waals surface area contributed by atoms with E-state index >= 15 is 0 Å². The van der Waals surface area contributed by atoms with E-state index < -0.39 is 18.6 Å². The fourth-order valence-corrected chi connectivity index (χ4v) is 1.55. The predicted molar refractivity (Wildman–Crippen MR) is 67.7 cm³/mol. The van der Waals surface area contributed by atoms with Crippen LogP contribution in [0, 0.1) is 0 Å². The number of carbonyl (C=O) groups excluding carboxylic acids is 1. The van der Waals surface area contributed by atoms with Crippen molar-refractivity contribution in [1.29, 1.82) is 0 Å². The Balaban J connectivity index is 2.54. The normalized spacial score (nSPS) is 11.6. The van der Waals surface area contributed by atoms with E-state index in [2.05, 4.69) is 5.32 Å². The lowest BCUT2D eigenvalue weighted by Gasteiger charge is -2.21. The van der Waals surface area contributed by atoms with Gasteiger partial charge in [0.15, 0.2) is 0 Å². The quantitative estimate of drug-likeness (QED) is 0.809. The topological polar surface area (TPSA) is 58.4 Å². The Morgan fingerprint density at radius 1 is 1.42 bits per heavy atom. The van der Waals surface area contributed by atoms with E-state index in [4.69, 9.17) is 5.73 Å². The highest BCUT2D eigenvalue weighted by Gasteiger charge is 2.30. The number of nitrogens with one attached hydrogen (secondary N) is 1. The standard InChI is InChI=1S/C12H16F3N3O/c1-2-18(8-12(13,14)15)7-11(19)17-10-5-3-4-9(16)6-10/h3-6H,2,7-8,16H2,1H3,(H,17,19). The zero-order valence-electron chi connectivity index (χ0n) is 10.5. The lowest BCUT2D eigenvalue weighted by Crippen LogP contribution is -2.39. The van der Waals surface area contributed by atoms with Gasteiger partial charge in [0.25, 0.3) is 0 Å². The Morgan fingerprint density at radius 2 is 2.11 bits per heavy atom. The van der Waals surface area contributed by atoms with Crippen LogP contribution in [0.1, 0.15) is 6.92 Å². The zero-order valence-corrected chi connectivity index (χ0v) is 10.5. The van der Waals surface area contributed by atoms with E-state index in [1.54, 1.807) is 25.1 Å². The first-order chi connectivity index (χ1) is 8.80. The molecule has 19 heavy (non-hydrogen) atoms. The molecule has 4 nitrogen and oxygen atoms in total. The second-order valence-electron chi connectivity index (χ2n) is 4.09. The summed E-state index contributed by atoms with van der Waals surface area (Å²) < 4.78 is 36.7. The molecule has 0 fully saturated rings. The van der Waals surface area contributed by atoms with E-state index in [1.807, 2.05) is 0 Å². The van der Waals surface area contributed by atoms with Gasteiger partial charge in [0.2, 0.25) is 5.91 Å². The lowest BCUT2D eigenvalue weighted by atomic mass is 10.3. The number of halogens is 3. The molecule has 0 saturated carbocycles. The number of carbonyl (C=O) groups is 1. The van der Waals surface area contributed by atoms with Gasteiger partial charge in [-0.15, -0.1) is 0 Å². The van der Waals surface area contributed by atoms with Crippen LogP contribution in [0.4, 0.5) is 24.5 Å². The second kappa shape index (κ2) is 6.42. The Hall–Kier alpha value is -1.76. The molecule has 106 valence electrons. The van der Waals surface area contributed by atoms with Gasteiger partial charge in [0.1, 0.15) is 0 Å². The smallest absolute Gasteiger partial charge is 0.399 e. The van der Waals surface area contributed by atoms with Crippen LogP contribution < -0.4 is 11.1 Å². The Kier molecular flexibility index (Phi) is 5.17. The first-order valence-electron chi connectivity index (χ1n) is 5.74. The van der Waals surface area contributed by atoms with Crippen molar-refractivity contribution in [1.82, 2.24) is 4.90 Å². The number of amides is 1. The van der Waals surface area contributed by atoms with E-state index in [-0.39, 0.29) is 13.1 Å². The van der Waals surface area contributed by atoms with Gasteiger partial charge in [-0.3, -0.25) is 9.69 Å². The summed E-state index contributed by atoms with van der Waals surface area (Å²) in [6.07, 6.45) is -4.31. The summed E-state index contributed by atoms with van der Waals surface area (Å²) in [4.78, 5) is 12.6. The molecular weight excluding hydrogens is 259 g/mol. The van der Waals surface area contributed by atoms with Crippen LogP contribution in [0.25, 0.3) is 0 Å². The van der Waals surface area contributed by atoms with Crippen molar-refractivity contribution in [3.63, 3.8) is 0 Å². The third kappa shape index (κ3) is 6.10. The monoisotopic (exact) mass is 275 g/mol. The molecule has 0 spiro atoms. The molecule has 0 radical (unpaired) electrons. The molecule has 0 heterocycles. The Labute approximate surface area is 109 Å². The maximum atomic E-state index is 12.2. The SMILES string of the molecule is CCN(CC(=O)Nc1cccc(N)c1)CC(F)(F)F. The minimum absolute atomic E-state index is 0.143. The van der Waals surface area contributed by atoms with Crippen LogP contribution in [0.5, 0.6) is 0 Å². The fourth-order valence-electron chi connectivity index (χ4n) is 1.55. The van der Waals surface area contributed by atoms with Crippen molar-refractivity contribution in [3.8, 4) is 0 Å². The van der Waals surface area contributed by atoms with Gasteiger partial charge in [-0.25, -0.2) is 0 Å². The predicted octanol–water partition coefficient (Wildman–Crippen LogP) is 2.09. The first kappa shape index (κ1) is 15.3. The van der Waals surface area contributed by atoms with E-state index in [0.717, 1.165) is 4.90 Å². The van der Waals surface area contributed by atoms with Crippen molar-refractivity contribution in [3.05, 3.63) is 24.3 Å². The third-order valence-corrected chi connectivity index (χ3v) is 2.39.